The van der Waals surface area contributed by atoms with Crippen LogP contribution in [-0.2, 0) is 14.8 Å². The van der Waals surface area contributed by atoms with Gasteiger partial charge in [-0.1, -0.05) is 47.5 Å². The first-order valence-corrected chi connectivity index (χ1v) is 12.3. The second-order valence-electron chi connectivity index (χ2n) is 7.74. The molecule has 0 fully saturated rings. The molecule has 0 spiro atoms. The highest BCUT2D eigenvalue weighted by atomic mass is 35.5. The van der Waals surface area contributed by atoms with Gasteiger partial charge in [-0.25, -0.2) is 13.8 Å². The molecule has 0 aliphatic carbocycles. The van der Waals surface area contributed by atoms with E-state index >= 15 is 0 Å². The number of nitro groups is 1. The molecular formula is C24H23ClN4O6S. The first-order valence-electron chi connectivity index (χ1n) is 10.5. The first kappa shape index (κ1) is 26.6. The molecule has 36 heavy (non-hydrogen) atoms. The molecule has 0 radical (unpaired) electrons. The minimum absolute atomic E-state index is 0.0222. The Morgan fingerprint density at radius 2 is 1.92 bits per heavy atom. The Hall–Kier alpha value is -3.96. The van der Waals surface area contributed by atoms with Crippen molar-refractivity contribution in [3.8, 4) is 5.75 Å². The lowest BCUT2D eigenvalue weighted by atomic mass is 10.2. The van der Waals surface area contributed by atoms with Crippen molar-refractivity contribution in [3.05, 3.63) is 92.5 Å². The lowest BCUT2D eigenvalue weighted by molar-refractivity contribution is -0.385. The zero-order chi connectivity index (χ0) is 26.5. The van der Waals surface area contributed by atoms with Crippen LogP contribution in [0.3, 0.4) is 0 Å². The fourth-order valence-electron chi connectivity index (χ4n) is 3.33. The average Bonchev–Trinajstić information content (AvgIpc) is 2.82. The van der Waals surface area contributed by atoms with Crippen molar-refractivity contribution in [3.63, 3.8) is 0 Å². The summed E-state index contributed by atoms with van der Waals surface area (Å²) in [6.45, 7) is 2.70. The summed E-state index contributed by atoms with van der Waals surface area (Å²) >= 11 is 6.11. The monoisotopic (exact) mass is 530 g/mol. The molecule has 0 saturated carbocycles. The molecule has 12 heteroatoms. The number of anilines is 1. The summed E-state index contributed by atoms with van der Waals surface area (Å²) in [6, 6.07) is 15.2. The van der Waals surface area contributed by atoms with Gasteiger partial charge in [0.25, 0.3) is 21.6 Å². The van der Waals surface area contributed by atoms with Gasteiger partial charge in [-0.2, -0.15) is 5.10 Å². The van der Waals surface area contributed by atoms with E-state index < -0.39 is 27.4 Å². The molecule has 0 atom stereocenters. The third kappa shape index (κ3) is 6.18. The minimum Gasteiger partial charge on any atom is -0.495 e. The molecule has 10 nitrogen and oxygen atoms in total. The number of nitrogens with one attached hydrogen (secondary N) is 1. The number of carbonyl (C=O) groups excluding carboxylic acids is 1. The van der Waals surface area contributed by atoms with Gasteiger partial charge in [0.1, 0.15) is 12.3 Å². The van der Waals surface area contributed by atoms with E-state index in [1.807, 2.05) is 25.1 Å². The summed E-state index contributed by atoms with van der Waals surface area (Å²) in [5.41, 5.74) is 3.94. The molecule has 1 N–H and O–H groups in total. The van der Waals surface area contributed by atoms with E-state index in [0.717, 1.165) is 21.5 Å². The van der Waals surface area contributed by atoms with Gasteiger partial charge in [-0.15, -0.1) is 0 Å². The van der Waals surface area contributed by atoms with E-state index in [9.17, 15) is 23.3 Å². The highest BCUT2D eigenvalue weighted by Gasteiger charge is 2.31. The van der Waals surface area contributed by atoms with Crippen molar-refractivity contribution in [2.24, 2.45) is 5.10 Å². The summed E-state index contributed by atoms with van der Waals surface area (Å²) in [7, 11) is -3.14. The van der Waals surface area contributed by atoms with Crippen LogP contribution >= 0.6 is 11.6 Å². The molecule has 0 aromatic heterocycles. The predicted molar refractivity (Wildman–Crippen MR) is 137 cm³/mol. The van der Waals surface area contributed by atoms with Crippen molar-refractivity contribution < 1.29 is 22.9 Å². The lowest BCUT2D eigenvalue weighted by Gasteiger charge is -2.25. The number of rotatable bonds is 9. The van der Waals surface area contributed by atoms with Gasteiger partial charge in [-0.05, 0) is 43.7 Å². The topological polar surface area (TPSA) is 131 Å². The number of nitrogens with zero attached hydrogens (tertiary/aromatic N) is 3. The van der Waals surface area contributed by atoms with Crippen LogP contribution in [0, 0.1) is 24.0 Å². The van der Waals surface area contributed by atoms with Gasteiger partial charge in [0.05, 0.1) is 28.8 Å². The Kier molecular flexibility index (Phi) is 8.28. The van der Waals surface area contributed by atoms with Crippen LogP contribution < -0.4 is 14.5 Å². The third-order valence-corrected chi connectivity index (χ3v) is 7.10. The SMILES string of the molecule is COc1ccc(Cl)cc1N(CC(=O)N/N=C\c1cccc(C)c1)S(=O)(=O)c1ccc(C)c([N+](=O)[O-])c1. The number of benzene rings is 3. The molecule has 3 aromatic carbocycles. The Labute approximate surface area is 213 Å². The molecule has 0 saturated heterocycles. The lowest BCUT2D eigenvalue weighted by Crippen LogP contribution is -2.39. The van der Waals surface area contributed by atoms with Crippen LogP contribution in [-0.4, -0.2) is 39.1 Å². The maximum absolute atomic E-state index is 13.7. The number of amides is 1. The van der Waals surface area contributed by atoms with E-state index in [1.165, 1.54) is 50.6 Å². The number of aryl methyl sites for hydroxylation is 2. The molecular weight excluding hydrogens is 508 g/mol. The molecule has 3 aromatic rings. The van der Waals surface area contributed by atoms with Crippen molar-refractivity contribution in [2.75, 3.05) is 18.0 Å². The predicted octanol–water partition coefficient (Wildman–Crippen LogP) is 4.22. The number of halogens is 1. The zero-order valence-electron chi connectivity index (χ0n) is 19.6. The third-order valence-electron chi connectivity index (χ3n) is 5.11. The van der Waals surface area contributed by atoms with E-state index in [1.54, 1.807) is 6.07 Å². The average molecular weight is 531 g/mol. The number of methoxy groups -OCH3 is 1. The zero-order valence-corrected chi connectivity index (χ0v) is 21.2. The van der Waals surface area contributed by atoms with Gasteiger partial charge in [0.2, 0.25) is 0 Å². The van der Waals surface area contributed by atoms with E-state index in [-0.39, 0.29) is 32.6 Å². The number of sulfonamides is 1. The Morgan fingerprint density at radius 3 is 2.58 bits per heavy atom. The molecule has 188 valence electrons. The second-order valence-corrected chi connectivity index (χ2v) is 10.0. The number of hydrogen-bond acceptors (Lipinski definition) is 7. The van der Waals surface area contributed by atoms with Crippen LogP contribution in [0.15, 0.2) is 70.7 Å². The highest BCUT2D eigenvalue weighted by molar-refractivity contribution is 7.92. The van der Waals surface area contributed by atoms with Gasteiger partial charge in [-0.3, -0.25) is 19.2 Å². The van der Waals surface area contributed by atoms with Crippen LogP contribution in [0.25, 0.3) is 0 Å². The molecule has 0 aliphatic heterocycles. The first-order chi connectivity index (χ1) is 17.0. The Balaban J connectivity index is 2.00. The summed E-state index contributed by atoms with van der Waals surface area (Å²) < 4.78 is 33.4. The van der Waals surface area contributed by atoms with Crippen molar-refractivity contribution >= 4 is 45.1 Å². The Morgan fingerprint density at radius 1 is 1.17 bits per heavy atom. The smallest absolute Gasteiger partial charge is 0.273 e. The van der Waals surface area contributed by atoms with E-state index in [4.69, 9.17) is 16.3 Å². The molecule has 3 rings (SSSR count). The molecule has 0 heterocycles. The van der Waals surface area contributed by atoms with Gasteiger partial charge in [0, 0.05) is 16.7 Å². The van der Waals surface area contributed by atoms with E-state index in [2.05, 4.69) is 10.5 Å². The largest absolute Gasteiger partial charge is 0.495 e. The standard InChI is InChI=1S/C24H23ClN4O6S/c1-16-5-4-6-18(11-16)14-26-27-24(30)15-28(22-12-19(25)8-10-23(22)35-3)36(33,34)20-9-7-17(2)21(13-20)29(31)32/h4-14H,15H2,1-3H3,(H,27,30)/b26-14-. The van der Waals surface area contributed by atoms with Crippen LogP contribution in [0.5, 0.6) is 5.75 Å². The number of hydrogen-bond donors (Lipinski definition) is 1. The fraction of sp³-hybridized carbons (Fsp3) is 0.167. The Bertz CT molecular complexity index is 1440. The van der Waals surface area contributed by atoms with Crippen LogP contribution in [0.1, 0.15) is 16.7 Å². The summed E-state index contributed by atoms with van der Waals surface area (Å²) in [5.74, 6) is -0.633. The molecule has 0 unspecified atom stereocenters. The summed E-state index contributed by atoms with van der Waals surface area (Å²) in [5, 5.41) is 15.5. The van der Waals surface area contributed by atoms with Crippen LogP contribution in [0.2, 0.25) is 5.02 Å². The van der Waals surface area contributed by atoms with E-state index in [0.29, 0.717) is 0 Å². The number of hydrazone groups is 1. The number of carbonyl (C=O) groups is 1. The van der Waals surface area contributed by atoms with Crippen LogP contribution in [0.4, 0.5) is 11.4 Å². The quantitative estimate of drug-likeness (QED) is 0.250. The summed E-state index contributed by atoms with van der Waals surface area (Å²) in [4.78, 5) is 23.1. The normalized spacial score (nSPS) is 11.3. The van der Waals surface area contributed by atoms with Crippen molar-refractivity contribution in [1.82, 2.24) is 5.43 Å². The number of nitro benzene ring substituents is 1. The van der Waals surface area contributed by atoms with Gasteiger partial charge < -0.3 is 4.74 Å². The highest BCUT2D eigenvalue weighted by Crippen LogP contribution is 2.35. The molecule has 0 bridgehead atoms. The molecule has 1 amide bonds. The second kappa shape index (κ2) is 11.2. The van der Waals surface area contributed by atoms with Crippen molar-refractivity contribution in [2.45, 2.75) is 18.7 Å². The maximum Gasteiger partial charge on any atom is 0.273 e. The summed E-state index contributed by atoms with van der Waals surface area (Å²) in [6.07, 6.45) is 1.42. The molecule has 0 aliphatic rings. The van der Waals surface area contributed by atoms with Gasteiger partial charge in [0.15, 0.2) is 0 Å². The minimum atomic E-state index is -4.48. The maximum atomic E-state index is 13.7. The number of ether oxygens (including phenoxy) is 1. The van der Waals surface area contributed by atoms with Crippen molar-refractivity contribution in [1.29, 1.82) is 0 Å². The van der Waals surface area contributed by atoms with Gasteiger partial charge >= 0.3 is 0 Å². The fourth-order valence-corrected chi connectivity index (χ4v) is 4.94.